The molecule has 0 spiro atoms. The molecule has 0 radical (unpaired) electrons. The minimum absolute atomic E-state index is 0.129. The van der Waals surface area contributed by atoms with Gasteiger partial charge in [-0.3, -0.25) is 4.79 Å². The summed E-state index contributed by atoms with van der Waals surface area (Å²) in [5, 5.41) is 3.94. The van der Waals surface area contributed by atoms with Gasteiger partial charge in [-0.05, 0) is 58.2 Å². The van der Waals surface area contributed by atoms with Gasteiger partial charge in [0, 0.05) is 33.3 Å². The molecule has 0 saturated heterocycles. The fourth-order valence-electron chi connectivity index (χ4n) is 4.83. The van der Waals surface area contributed by atoms with Crippen LogP contribution >= 0.6 is 27.5 Å². The van der Waals surface area contributed by atoms with Gasteiger partial charge in [-0.2, -0.15) is 0 Å². The molecule has 1 heterocycles. The van der Waals surface area contributed by atoms with Crippen molar-refractivity contribution in [3.8, 4) is 11.5 Å². The van der Waals surface area contributed by atoms with Gasteiger partial charge in [-0.1, -0.05) is 48.0 Å². The number of hydrogen-bond donors (Lipinski definition) is 1. The number of carbonyl (C=O) groups is 2. The first-order chi connectivity index (χ1) is 17.8. The highest BCUT2D eigenvalue weighted by Gasteiger charge is 2.43. The summed E-state index contributed by atoms with van der Waals surface area (Å²) in [6.45, 7) is 2.11. The Hall–Kier alpha value is -3.55. The van der Waals surface area contributed by atoms with Gasteiger partial charge in [0.2, 0.25) is 0 Å². The summed E-state index contributed by atoms with van der Waals surface area (Å²) >= 11 is 9.61. The van der Waals surface area contributed by atoms with Crippen LogP contribution < -0.4 is 14.8 Å². The zero-order chi connectivity index (χ0) is 26.3. The Bertz CT molecular complexity index is 1490. The molecule has 8 heteroatoms. The van der Waals surface area contributed by atoms with Crippen LogP contribution in [-0.4, -0.2) is 26.0 Å². The van der Waals surface area contributed by atoms with Crippen molar-refractivity contribution in [3.05, 3.63) is 109 Å². The van der Waals surface area contributed by atoms with E-state index in [2.05, 4.69) is 21.2 Å². The second-order valence-electron chi connectivity index (χ2n) is 8.70. The van der Waals surface area contributed by atoms with Crippen LogP contribution in [0.5, 0.6) is 11.5 Å². The number of methoxy groups -OCH3 is 2. The Morgan fingerprint density at radius 2 is 1.76 bits per heavy atom. The number of benzene rings is 3. The number of esters is 1. The van der Waals surface area contributed by atoms with Crippen molar-refractivity contribution >= 4 is 45.0 Å². The van der Waals surface area contributed by atoms with Crippen LogP contribution in [0, 0.1) is 0 Å². The number of rotatable bonds is 6. The molecule has 1 aliphatic heterocycles. The van der Waals surface area contributed by atoms with Gasteiger partial charge in [-0.25, -0.2) is 4.79 Å². The molecule has 37 heavy (non-hydrogen) atoms. The summed E-state index contributed by atoms with van der Waals surface area (Å²) in [4.78, 5) is 26.6. The minimum Gasteiger partial charge on any atom is -0.493 e. The van der Waals surface area contributed by atoms with Crippen molar-refractivity contribution in [2.24, 2.45) is 0 Å². The van der Waals surface area contributed by atoms with Crippen LogP contribution in [0.3, 0.4) is 0 Å². The third kappa shape index (κ3) is 4.43. The Labute approximate surface area is 228 Å². The van der Waals surface area contributed by atoms with Gasteiger partial charge in [0.15, 0.2) is 17.3 Å². The normalized spacial score (nSPS) is 16.2. The second-order valence-corrected chi connectivity index (χ2v) is 9.99. The lowest BCUT2D eigenvalue weighted by atomic mass is 9.79. The molecule has 6 nitrogen and oxygen atoms in total. The quantitative estimate of drug-likeness (QED) is 0.339. The van der Waals surface area contributed by atoms with E-state index >= 15 is 0 Å². The Morgan fingerprint density at radius 1 is 1.05 bits per heavy atom. The standard InChI is InChI=1S/C29H23BrClNO5/c1-15-23(29(34)36-3)24(25-26(32-15)19-6-4-5-7-20(19)27(25)33)17-12-21(30)28(22(13-17)35-2)37-14-16-8-10-18(31)11-9-16/h4-13,24,32H,14H2,1-3H3. The maximum atomic E-state index is 13.6. The third-order valence-corrected chi connectivity index (χ3v) is 7.38. The lowest BCUT2D eigenvalue weighted by Gasteiger charge is -2.29. The first-order valence-corrected chi connectivity index (χ1v) is 12.7. The number of ketones is 1. The SMILES string of the molecule is COC(=O)C1=C(C)NC2=C(C(=O)c3ccccc32)C1c1cc(Br)c(OCc2ccc(Cl)cc2)c(OC)c1. The maximum Gasteiger partial charge on any atom is 0.336 e. The molecule has 1 aliphatic carbocycles. The average molecular weight is 581 g/mol. The third-order valence-electron chi connectivity index (χ3n) is 6.54. The predicted octanol–water partition coefficient (Wildman–Crippen LogP) is 6.43. The number of Topliss-reactive ketones (excluding diaryl/α,β-unsaturated/α-hetero) is 1. The molecule has 1 atom stereocenters. The van der Waals surface area contributed by atoms with Crippen molar-refractivity contribution in [2.75, 3.05) is 14.2 Å². The molecule has 1 unspecified atom stereocenters. The highest BCUT2D eigenvalue weighted by molar-refractivity contribution is 9.10. The van der Waals surface area contributed by atoms with Crippen molar-refractivity contribution in [1.82, 2.24) is 5.32 Å². The Balaban J connectivity index is 1.60. The summed E-state index contributed by atoms with van der Waals surface area (Å²) < 4.78 is 17.5. The highest BCUT2D eigenvalue weighted by atomic mass is 79.9. The molecule has 3 aromatic rings. The van der Waals surface area contributed by atoms with Gasteiger partial charge < -0.3 is 19.5 Å². The lowest BCUT2D eigenvalue weighted by molar-refractivity contribution is -0.136. The van der Waals surface area contributed by atoms with Crippen LogP contribution in [0.25, 0.3) is 5.70 Å². The van der Waals surface area contributed by atoms with E-state index in [0.29, 0.717) is 61.3 Å². The molecule has 5 rings (SSSR count). The number of halogens is 2. The first kappa shape index (κ1) is 25.1. The van der Waals surface area contributed by atoms with Crippen LogP contribution in [0.4, 0.5) is 0 Å². The summed E-state index contributed by atoms with van der Waals surface area (Å²) in [6.07, 6.45) is 0. The average Bonchev–Trinajstić information content (AvgIpc) is 3.18. The Kier molecular flexibility index (Phi) is 6.84. The number of fused-ring (bicyclic) bond motifs is 2. The topological polar surface area (TPSA) is 73.9 Å². The molecular weight excluding hydrogens is 558 g/mol. The number of hydrogen-bond acceptors (Lipinski definition) is 6. The largest absolute Gasteiger partial charge is 0.493 e. The van der Waals surface area contributed by atoms with Crippen LogP contribution in [0.15, 0.2) is 82.0 Å². The molecule has 0 bridgehead atoms. The molecule has 3 aromatic carbocycles. The molecule has 0 aromatic heterocycles. The van der Waals surface area contributed by atoms with E-state index in [1.54, 1.807) is 31.4 Å². The van der Waals surface area contributed by atoms with Crippen LogP contribution in [0.1, 0.15) is 39.9 Å². The fourth-order valence-corrected chi connectivity index (χ4v) is 5.53. The van der Waals surface area contributed by atoms with E-state index < -0.39 is 11.9 Å². The molecule has 188 valence electrons. The molecular formula is C29H23BrClNO5. The van der Waals surface area contributed by atoms with E-state index in [-0.39, 0.29) is 5.78 Å². The fraction of sp³-hybridized carbons (Fsp3) is 0.172. The molecule has 1 N–H and O–H groups in total. The minimum atomic E-state index is -0.667. The summed E-state index contributed by atoms with van der Waals surface area (Å²) in [7, 11) is 2.88. The zero-order valence-electron chi connectivity index (χ0n) is 20.4. The van der Waals surface area contributed by atoms with E-state index in [4.69, 9.17) is 25.8 Å². The number of nitrogens with one attached hydrogen (secondary N) is 1. The number of carbonyl (C=O) groups excluding carboxylic acids is 2. The lowest BCUT2D eigenvalue weighted by Crippen LogP contribution is -2.29. The van der Waals surface area contributed by atoms with Gasteiger partial charge in [0.25, 0.3) is 0 Å². The van der Waals surface area contributed by atoms with E-state index in [9.17, 15) is 9.59 Å². The van der Waals surface area contributed by atoms with Gasteiger partial charge in [0.05, 0.1) is 30.0 Å². The number of ether oxygens (including phenoxy) is 3. The van der Waals surface area contributed by atoms with E-state index in [1.165, 1.54) is 7.11 Å². The zero-order valence-corrected chi connectivity index (χ0v) is 22.7. The van der Waals surface area contributed by atoms with E-state index in [0.717, 1.165) is 11.1 Å². The van der Waals surface area contributed by atoms with Crippen molar-refractivity contribution in [1.29, 1.82) is 0 Å². The smallest absolute Gasteiger partial charge is 0.336 e. The predicted molar refractivity (Wildman–Crippen MR) is 145 cm³/mol. The van der Waals surface area contributed by atoms with Crippen LogP contribution in [-0.2, 0) is 16.1 Å². The monoisotopic (exact) mass is 579 g/mol. The van der Waals surface area contributed by atoms with E-state index in [1.807, 2.05) is 43.3 Å². The van der Waals surface area contributed by atoms with Gasteiger partial charge in [0.1, 0.15) is 6.61 Å². The van der Waals surface area contributed by atoms with Crippen molar-refractivity contribution in [2.45, 2.75) is 19.4 Å². The summed E-state index contributed by atoms with van der Waals surface area (Å²) in [5.41, 5.74) is 5.23. The van der Waals surface area contributed by atoms with Crippen LogP contribution in [0.2, 0.25) is 5.02 Å². The number of allylic oxidation sites excluding steroid dienone is 2. The summed E-state index contributed by atoms with van der Waals surface area (Å²) in [6, 6.07) is 18.5. The van der Waals surface area contributed by atoms with Crippen molar-refractivity contribution in [3.63, 3.8) is 0 Å². The maximum absolute atomic E-state index is 13.6. The molecule has 0 saturated carbocycles. The Morgan fingerprint density at radius 3 is 2.43 bits per heavy atom. The molecule has 2 aliphatic rings. The van der Waals surface area contributed by atoms with Gasteiger partial charge in [-0.15, -0.1) is 0 Å². The molecule has 0 fully saturated rings. The van der Waals surface area contributed by atoms with Crippen molar-refractivity contribution < 1.29 is 23.8 Å². The second kappa shape index (κ2) is 10.1. The number of dihydropyridines is 1. The highest BCUT2D eigenvalue weighted by Crippen LogP contribution is 2.49. The first-order valence-electron chi connectivity index (χ1n) is 11.5. The van der Waals surface area contributed by atoms with Gasteiger partial charge >= 0.3 is 5.97 Å². The molecule has 0 amide bonds. The summed E-state index contributed by atoms with van der Waals surface area (Å²) in [5.74, 6) is -0.340.